The first-order valence-electron chi connectivity index (χ1n) is 6.99. The maximum Gasteiger partial charge on any atom is 0.0704 e. The van der Waals surface area contributed by atoms with Crippen molar-refractivity contribution in [2.24, 2.45) is 5.73 Å². The highest BCUT2D eigenvalue weighted by atomic mass is 35.5. The molecule has 3 aromatic rings. The van der Waals surface area contributed by atoms with Crippen LogP contribution in [0.15, 0.2) is 54.7 Å². The smallest absolute Gasteiger partial charge is 0.0704 e. The summed E-state index contributed by atoms with van der Waals surface area (Å²) in [6.07, 6.45) is 2.61. The number of aryl methyl sites for hydroxylation is 1. The van der Waals surface area contributed by atoms with Crippen molar-refractivity contribution in [3.05, 3.63) is 76.4 Å². The minimum Gasteiger partial charge on any atom is -0.324 e. The van der Waals surface area contributed by atoms with Gasteiger partial charge in [-0.25, -0.2) is 0 Å². The van der Waals surface area contributed by atoms with Gasteiger partial charge in [-0.2, -0.15) is 0 Å². The zero-order valence-corrected chi connectivity index (χ0v) is 12.6. The van der Waals surface area contributed by atoms with Crippen LogP contribution in [0.25, 0.3) is 10.9 Å². The van der Waals surface area contributed by atoms with E-state index in [-0.39, 0.29) is 6.04 Å². The van der Waals surface area contributed by atoms with E-state index >= 15 is 0 Å². The van der Waals surface area contributed by atoms with E-state index in [0.717, 1.165) is 33.5 Å². The van der Waals surface area contributed by atoms with Crippen molar-refractivity contribution in [3.63, 3.8) is 0 Å². The highest BCUT2D eigenvalue weighted by molar-refractivity contribution is 6.30. The van der Waals surface area contributed by atoms with Crippen molar-refractivity contribution in [1.29, 1.82) is 0 Å². The average Bonchev–Trinajstić information content (AvgIpc) is 2.46. The second-order valence-electron chi connectivity index (χ2n) is 5.36. The number of para-hydroxylation sites is 1. The molecule has 0 aliphatic heterocycles. The summed E-state index contributed by atoms with van der Waals surface area (Å²) < 4.78 is 0. The molecule has 2 aromatic carbocycles. The Balaban J connectivity index is 1.94. The first-order valence-corrected chi connectivity index (χ1v) is 7.36. The van der Waals surface area contributed by atoms with Gasteiger partial charge in [-0.3, -0.25) is 4.98 Å². The van der Waals surface area contributed by atoms with Gasteiger partial charge in [0.1, 0.15) is 0 Å². The minimum atomic E-state index is -0.0757. The first-order chi connectivity index (χ1) is 10.1. The monoisotopic (exact) mass is 296 g/mol. The molecule has 0 bridgehead atoms. The number of aromatic nitrogens is 1. The molecule has 0 radical (unpaired) electrons. The van der Waals surface area contributed by atoms with E-state index in [1.165, 1.54) is 5.56 Å². The molecule has 1 unspecified atom stereocenters. The molecule has 1 aromatic heterocycles. The highest BCUT2D eigenvalue weighted by Gasteiger charge is 2.11. The van der Waals surface area contributed by atoms with Gasteiger partial charge < -0.3 is 5.73 Å². The van der Waals surface area contributed by atoms with Crippen molar-refractivity contribution in [3.8, 4) is 0 Å². The quantitative estimate of drug-likeness (QED) is 0.776. The van der Waals surface area contributed by atoms with E-state index in [9.17, 15) is 0 Å². The molecule has 0 aliphatic carbocycles. The zero-order valence-electron chi connectivity index (χ0n) is 11.9. The van der Waals surface area contributed by atoms with Crippen molar-refractivity contribution in [1.82, 2.24) is 4.98 Å². The number of nitrogens with two attached hydrogens (primary N) is 1. The van der Waals surface area contributed by atoms with Gasteiger partial charge >= 0.3 is 0 Å². The van der Waals surface area contributed by atoms with E-state index in [1.54, 1.807) is 0 Å². The fourth-order valence-corrected chi connectivity index (χ4v) is 2.96. The van der Waals surface area contributed by atoms with Gasteiger partial charge in [0.05, 0.1) is 5.52 Å². The zero-order chi connectivity index (χ0) is 14.8. The van der Waals surface area contributed by atoms with Gasteiger partial charge in [0.25, 0.3) is 0 Å². The Morgan fingerprint density at radius 2 is 1.95 bits per heavy atom. The van der Waals surface area contributed by atoms with Gasteiger partial charge in [0, 0.05) is 22.6 Å². The maximum atomic E-state index is 6.38. The summed E-state index contributed by atoms with van der Waals surface area (Å²) in [7, 11) is 0. The molecular formula is C18H17ClN2. The summed E-state index contributed by atoms with van der Waals surface area (Å²) in [6.45, 7) is 2.03. The van der Waals surface area contributed by atoms with Crippen LogP contribution in [-0.2, 0) is 6.42 Å². The van der Waals surface area contributed by atoms with E-state index in [4.69, 9.17) is 17.3 Å². The second kappa shape index (κ2) is 5.84. The third kappa shape index (κ3) is 3.07. The van der Waals surface area contributed by atoms with Crippen LogP contribution in [0.3, 0.4) is 0 Å². The van der Waals surface area contributed by atoms with Gasteiger partial charge in [-0.1, -0.05) is 35.9 Å². The normalized spacial score (nSPS) is 12.5. The van der Waals surface area contributed by atoms with Crippen LogP contribution < -0.4 is 5.73 Å². The summed E-state index contributed by atoms with van der Waals surface area (Å²) in [5.41, 5.74) is 10.8. The molecule has 0 saturated heterocycles. The molecule has 21 heavy (non-hydrogen) atoms. The van der Waals surface area contributed by atoms with Gasteiger partial charge in [-0.15, -0.1) is 0 Å². The number of halogens is 1. The number of pyridine rings is 1. The molecule has 0 saturated carbocycles. The molecule has 106 valence electrons. The van der Waals surface area contributed by atoms with Crippen molar-refractivity contribution in [2.75, 3.05) is 0 Å². The number of fused-ring (bicyclic) bond motifs is 1. The molecule has 1 heterocycles. The topological polar surface area (TPSA) is 38.9 Å². The molecular weight excluding hydrogens is 280 g/mol. The molecule has 3 heteroatoms. The van der Waals surface area contributed by atoms with Crippen LogP contribution in [0, 0.1) is 6.92 Å². The molecule has 3 rings (SSSR count). The molecule has 0 spiro atoms. The van der Waals surface area contributed by atoms with Crippen LogP contribution >= 0.6 is 11.6 Å². The SMILES string of the molecule is Cc1cc(Cl)cc(C(N)Cc2ccnc3ccccc23)c1. The predicted molar refractivity (Wildman–Crippen MR) is 88.6 cm³/mol. The molecule has 2 N–H and O–H groups in total. The maximum absolute atomic E-state index is 6.38. The van der Waals surface area contributed by atoms with E-state index in [1.807, 2.05) is 49.5 Å². The summed E-state index contributed by atoms with van der Waals surface area (Å²) in [5.74, 6) is 0. The Bertz CT molecular complexity index is 758. The van der Waals surface area contributed by atoms with Crippen LogP contribution in [0.5, 0.6) is 0 Å². The van der Waals surface area contributed by atoms with E-state index < -0.39 is 0 Å². The fraction of sp³-hybridized carbons (Fsp3) is 0.167. The number of rotatable bonds is 3. The van der Waals surface area contributed by atoms with Crippen LogP contribution in [0.4, 0.5) is 0 Å². The van der Waals surface area contributed by atoms with Crippen molar-refractivity contribution in [2.45, 2.75) is 19.4 Å². The van der Waals surface area contributed by atoms with Gasteiger partial charge in [0.2, 0.25) is 0 Å². The summed E-state index contributed by atoms with van der Waals surface area (Å²) in [4.78, 5) is 4.39. The van der Waals surface area contributed by atoms with Crippen molar-refractivity contribution >= 4 is 22.5 Å². The van der Waals surface area contributed by atoms with Crippen LogP contribution in [-0.4, -0.2) is 4.98 Å². The Kier molecular flexibility index (Phi) is 3.91. The minimum absolute atomic E-state index is 0.0757. The molecule has 1 atom stereocenters. The first kappa shape index (κ1) is 14.1. The molecule has 0 aliphatic rings. The van der Waals surface area contributed by atoms with Crippen LogP contribution in [0.2, 0.25) is 5.02 Å². The molecule has 0 fully saturated rings. The largest absolute Gasteiger partial charge is 0.324 e. The summed E-state index contributed by atoms with van der Waals surface area (Å²) in [6, 6.07) is 16.1. The number of nitrogens with zero attached hydrogens (tertiary/aromatic N) is 1. The lowest BCUT2D eigenvalue weighted by atomic mass is 9.96. The number of hydrogen-bond acceptors (Lipinski definition) is 2. The molecule has 0 amide bonds. The van der Waals surface area contributed by atoms with Crippen molar-refractivity contribution < 1.29 is 0 Å². The Labute approximate surface area is 129 Å². The van der Waals surface area contributed by atoms with E-state index in [0.29, 0.717) is 0 Å². The van der Waals surface area contributed by atoms with E-state index in [2.05, 4.69) is 17.1 Å². The predicted octanol–water partition coefficient (Wildman–Crippen LogP) is 4.44. The fourth-order valence-electron chi connectivity index (χ4n) is 2.67. The Morgan fingerprint density at radius 3 is 2.76 bits per heavy atom. The number of benzene rings is 2. The van der Waals surface area contributed by atoms with Gasteiger partial charge in [0.15, 0.2) is 0 Å². The Morgan fingerprint density at radius 1 is 1.14 bits per heavy atom. The lowest BCUT2D eigenvalue weighted by molar-refractivity contribution is 0.724. The highest BCUT2D eigenvalue weighted by Crippen LogP contribution is 2.24. The third-order valence-corrected chi connectivity index (χ3v) is 3.89. The number of hydrogen-bond donors (Lipinski definition) is 1. The lowest BCUT2D eigenvalue weighted by Crippen LogP contribution is -2.14. The standard InChI is InChI=1S/C18H17ClN2/c1-12-8-14(10-15(19)9-12)17(20)11-13-6-7-21-18-5-3-2-4-16(13)18/h2-10,17H,11,20H2,1H3. The van der Waals surface area contributed by atoms with Gasteiger partial charge in [-0.05, 0) is 54.3 Å². The third-order valence-electron chi connectivity index (χ3n) is 3.67. The lowest BCUT2D eigenvalue weighted by Gasteiger charge is -2.15. The Hall–Kier alpha value is -1.90. The van der Waals surface area contributed by atoms with Crippen LogP contribution in [0.1, 0.15) is 22.7 Å². The summed E-state index contributed by atoms with van der Waals surface area (Å²) in [5, 5.41) is 1.90. The summed E-state index contributed by atoms with van der Waals surface area (Å²) >= 11 is 6.13. The molecule has 2 nitrogen and oxygen atoms in total. The average molecular weight is 297 g/mol. The second-order valence-corrected chi connectivity index (χ2v) is 5.80.